The van der Waals surface area contributed by atoms with Gasteiger partial charge >= 0.3 is 0 Å². The molecule has 0 bridgehead atoms. The lowest BCUT2D eigenvalue weighted by atomic mass is 9.78. The van der Waals surface area contributed by atoms with E-state index >= 15 is 0 Å². The van der Waals surface area contributed by atoms with Crippen LogP contribution >= 0.6 is 0 Å². The molecule has 0 radical (unpaired) electrons. The SMILES string of the molecule is CC1(C(c2ccccc2)c2ccccc2)CN=C(N)O1. The largest absolute Gasteiger partial charge is 0.456 e. The second kappa shape index (κ2) is 5.00. The van der Waals surface area contributed by atoms with E-state index in [9.17, 15) is 0 Å². The van der Waals surface area contributed by atoms with Crippen LogP contribution in [0.25, 0.3) is 0 Å². The van der Waals surface area contributed by atoms with E-state index in [4.69, 9.17) is 10.5 Å². The Kier molecular flexibility index (Phi) is 3.18. The zero-order chi connectivity index (χ0) is 14.0. The van der Waals surface area contributed by atoms with Crippen molar-refractivity contribution in [3.05, 3.63) is 71.8 Å². The number of nitrogens with zero attached hydrogens (tertiary/aromatic N) is 1. The van der Waals surface area contributed by atoms with Crippen molar-refractivity contribution < 1.29 is 4.74 Å². The first-order valence-corrected chi connectivity index (χ1v) is 6.78. The summed E-state index contributed by atoms with van der Waals surface area (Å²) in [6, 6.07) is 21.0. The van der Waals surface area contributed by atoms with Gasteiger partial charge in [-0.25, -0.2) is 4.99 Å². The second-order valence-electron chi connectivity index (χ2n) is 5.32. The summed E-state index contributed by atoms with van der Waals surface area (Å²) in [6.07, 6.45) is 0. The molecule has 1 aliphatic rings. The summed E-state index contributed by atoms with van der Waals surface area (Å²) < 4.78 is 5.85. The fraction of sp³-hybridized carbons (Fsp3) is 0.235. The number of benzene rings is 2. The van der Waals surface area contributed by atoms with Gasteiger partial charge in [0.15, 0.2) is 0 Å². The van der Waals surface area contributed by atoms with Crippen molar-refractivity contribution >= 4 is 6.02 Å². The van der Waals surface area contributed by atoms with E-state index in [2.05, 4.69) is 36.2 Å². The Hall–Kier alpha value is -2.29. The normalized spacial score (nSPS) is 21.6. The lowest BCUT2D eigenvalue weighted by molar-refractivity contribution is 0.0879. The van der Waals surface area contributed by atoms with Crippen LogP contribution in [0.5, 0.6) is 0 Å². The summed E-state index contributed by atoms with van der Waals surface area (Å²) in [4.78, 5) is 4.23. The average Bonchev–Trinajstić information content (AvgIpc) is 2.81. The third-order valence-corrected chi connectivity index (χ3v) is 3.76. The highest BCUT2D eigenvalue weighted by Gasteiger charge is 2.42. The number of rotatable bonds is 3. The minimum atomic E-state index is -0.438. The van der Waals surface area contributed by atoms with E-state index < -0.39 is 5.60 Å². The molecule has 2 aromatic carbocycles. The van der Waals surface area contributed by atoms with E-state index in [1.165, 1.54) is 11.1 Å². The van der Waals surface area contributed by atoms with Crippen molar-refractivity contribution in [2.75, 3.05) is 6.54 Å². The first-order chi connectivity index (χ1) is 9.69. The topological polar surface area (TPSA) is 47.6 Å². The van der Waals surface area contributed by atoms with Crippen molar-refractivity contribution in [2.45, 2.75) is 18.4 Å². The van der Waals surface area contributed by atoms with Gasteiger partial charge in [0.05, 0.1) is 12.5 Å². The Labute approximate surface area is 119 Å². The molecule has 0 saturated carbocycles. The number of ether oxygens (including phenoxy) is 1. The molecule has 0 aliphatic carbocycles. The fourth-order valence-corrected chi connectivity index (χ4v) is 2.88. The average molecular weight is 266 g/mol. The molecule has 2 N–H and O–H groups in total. The molecule has 20 heavy (non-hydrogen) atoms. The van der Waals surface area contributed by atoms with Gasteiger partial charge in [0.1, 0.15) is 5.60 Å². The van der Waals surface area contributed by atoms with Crippen LogP contribution in [0.2, 0.25) is 0 Å². The van der Waals surface area contributed by atoms with Gasteiger partial charge in [-0.15, -0.1) is 0 Å². The maximum atomic E-state index is 5.85. The lowest BCUT2D eigenvalue weighted by Gasteiger charge is -2.33. The van der Waals surface area contributed by atoms with E-state index in [-0.39, 0.29) is 11.9 Å². The molecular formula is C17H18N2O. The Morgan fingerprint density at radius 3 is 1.90 bits per heavy atom. The number of hydrogen-bond donors (Lipinski definition) is 1. The molecule has 1 atom stereocenters. The minimum Gasteiger partial charge on any atom is -0.456 e. The molecule has 0 amide bonds. The van der Waals surface area contributed by atoms with E-state index in [0.717, 1.165) is 0 Å². The standard InChI is InChI=1S/C17H18N2O/c1-17(12-19-16(18)20-17)15(13-8-4-2-5-9-13)14-10-6-3-7-11-14/h2-11,15H,12H2,1H3,(H2,18,19). The third kappa shape index (κ3) is 2.27. The van der Waals surface area contributed by atoms with Crippen LogP contribution in [-0.4, -0.2) is 18.2 Å². The summed E-state index contributed by atoms with van der Waals surface area (Å²) in [5, 5.41) is 0. The summed E-state index contributed by atoms with van der Waals surface area (Å²) >= 11 is 0. The molecule has 3 heteroatoms. The highest BCUT2D eigenvalue weighted by atomic mass is 16.5. The summed E-state index contributed by atoms with van der Waals surface area (Å²) in [6.45, 7) is 2.65. The number of hydrogen-bond acceptors (Lipinski definition) is 3. The Balaban J connectivity index is 2.06. The molecule has 102 valence electrons. The molecular weight excluding hydrogens is 248 g/mol. The summed E-state index contributed by atoms with van der Waals surface area (Å²) in [5.41, 5.74) is 7.72. The van der Waals surface area contributed by atoms with Crippen LogP contribution in [-0.2, 0) is 4.74 Å². The quantitative estimate of drug-likeness (QED) is 0.928. The molecule has 2 aromatic rings. The van der Waals surface area contributed by atoms with Gasteiger partial charge in [-0.05, 0) is 18.1 Å². The van der Waals surface area contributed by atoms with E-state index in [1.54, 1.807) is 0 Å². The van der Waals surface area contributed by atoms with Crippen molar-refractivity contribution in [3.63, 3.8) is 0 Å². The van der Waals surface area contributed by atoms with Gasteiger partial charge in [0.2, 0.25) is 0 Å². The number of amidine groups is 1. The molecule has 1 aliphatic heterocycles. The first kappa shape index (κ1) is 12.7. The fourth-order valence-electron chi connectivity index (χ4n) is 2.88. The molecule has 0 spiro atoms. The Bertz CT molecular complexity index is 570. The van der Waals surface area contributed by atoms with Gasteiger partial charge < -0.3 is 10.5 Å². The van der Waals surface area contributed by atoms with Crippen molar-refractivity contribution in [1.29, 1.82) is 0 Å². The maximum Gasteiger partial charge on any atom is 0.282 e. The summed E-state index contributed by atoms with van der Waals surface area (Å²) in [5.74, 6) is 0.106. The first-order valence-electron chi connectivity index (χ1n) is 6.78. The maximum absolute atomic E-state index is 5.85. The summed E-state index contributed by atoms with van der Waals surface area (Å²) in [7, 11) is 0. The van der Waals surface area contributed by atoms with Crippen LogP contribution in [0.1, 0.15) is 24.0 Å². The highest BCUT2D eigenvalue weighted by Crippen LogP contribution is 2.39. The third-order valence-electron chi connectivity index (χ3n) is 3.76. The van der Waals surface area contributed by atoms with Crippen molar-refractivity contribution in [1.82, 2.24) is 0 Å². The van der Waals surface area contributed by atoms with Gasteiger partial charge in [-0.3, -0.25) is 0 Å². The smallest absolute Gasteiger partial charge is 0.282 e. The predicted octanol–water partition coefficient (Wildman–Crippen LogP) is 2.92. The lowest BCUT2D eigenvalue weighted by Crippen LogP contribution is -2.38. The Morgan fingerprint density at radius 1 is 1.00 bits per heavy atom. The molecule has 1 heterocycles. The van der Waals surface area contributed by atoms with E-state index in [0.29, 0.717) is 6.54 Å². The molecule has 3 rings (SSSR count). The van der Waals surface area contributed by atoms with Crippen molar-refractivity contribution in [3.8, 4) is 0 Å². The molecule has 0 aromatic heterocycles. The van der Waals surface area contributed by atoms with Crippen molar-refractivity contribution in [2.24, 2.45) is 10.7 Å². The predicted molar refractivity (Wildman–Crippen MR) is 80.7 cm³/mol. The molecule has 0 fully saturated rings. The number of aliphatic imine (C=N–C) groups is 1. The van der Waals surface area contributed by atoms with Gasteiger partial charge in [0.25, 0.3) is 6.02 Å². The molecule has 3 nitrogen and oxygen atoms in total. The number of nitrogens with two attached hydrogens (primary N) is 1. The van der Waals surface area contributed by atoms with Gasteiger partial charge in [-0.1, -0.05) is 60.7 Å². The van der Waals surface area contributed by atoms with Crippen LogP contribution in [0.15, 0.2) is 65.7 Å². The van der Waals surface area contributed by atoms with Crippen LogP contribution in [0.3, 0.4) is 0 Å². The van der Waals surface area contributed by atoms with E-state index in [1.807, 2.05) is 36.4 Å². The van der Waals surface area contributed by atoms with Crippen LogP contribution in [0.4, 0.5) is 0 Å². The highest BCUT2D eigenvalue weighted by molar-refractivity contribution is 5.74. The second-order valence-corrected chi connectivity index (χ2v) is 5.32. The monoisotopic (exact) mass is 266 g/mol. The van der Waals surface area contributed by atoms with Crippen LogP contribution < -0.4 is 5.73 Å². The molecule has 0 saturated heterocycles. The van der Waals surface area contributed by atoms with Gasteiger partial charge in [0, 0.05) is 0 Å². The van der Waals surface area contributed by atoms with Gasteiger partial charge in [-0.2, -0.15) is 0 Å². The molecule has 1 unspecified atom stereocenters. The Morgan fingerprint density at radius 2 is 1.50 bits per heavy atom. The zero-order valence-electron chi connectivity index (χ0n) is 11.5. The minimum absolute atomic E-state index is 0.106. The van der Waals surface area contributed by atoms with Crippen LogP contribution in [0, 0.1) is 0 Å². The zero-order valence-corrected chi connectivity index (χ0v) is 11.5.